The highest BCUT2D eigenvalue weighted by atomic mass is 19.1. The summed E-state index contributed by atoms with van der Waals surface area (Å²) in [6.45, 7) is 6.97. The highest BCUT2D eigenvalue weighted by Crippen LogP contribution is 2.28. The molecule has 2 unspecified atom stereocenters. The minimum atomic E-state index is -1.51. The predicted molar refractivity (Wildman–Crippen MR) is 55.8 cm³/mol. The Balaban J connectivity index is 3.14. The quantitative estimate of drug-likeness (QED) is 0.787. The van der Waals surface area contributed by atoms with Gasteiger partial charge in [-0.3, -0.25) is 4.98 Å². The smallest absolute Gasteiger partial charge is 0.149 e. The average molecular weight is 196 g/mol. The molecule has 0 aromatic carbocycles. The van der Waals surface area contributed by atoms with Gasteiger partial charge >= 0.3 is 0 Å². The van der Waals surface area contributed by atoms with Gasteiger partial charge < -0.3 is 5.73 Å². The van der Waals surface area contributed by atoms with Crippen molar-refractivity contribution in [3.63, 3.8) is 0 Å². The summed E-state index contributed by atoms with van der Waals surface area (Å²) >= 11 is 0. The maximum atomic E-state index is 14.1. The second-order valence-corrected chi connectivity index (χ2v) is 3.99. The molecule has 1 aromatic heterocycles. The minimum Gasteiger partial charge on any atom is -0.325 e. The van der Waals surface area contributed by atoms with E-state index in [1.807, 2.05) is 19.9 Å². The van der Waals surface area contributed by atoms with Gasteiger partial charge in [0.2, 0.25) is 0 Å². The first-order chi connectivity index (χ1) is 6.35. The molecule has 0 spiro atoms. The lowest BCUT2D eigenvalue weighted by Crippen LogP contribution is -2.37. The van der Waals surface area contributed by atoms with Crippen LogP contribution in [0.15, 0.2) is 12.3 Å². The molecule has 1 aromatic rings. The van der Waals surface area contributed by atoms with Crippen LogP contribution in [0.25, 0.3) is 0 Å². The van der Waals surface area contributed by atoms with E-state index >= 15 is 0 Å². The molecule has 0 aliphatic rings. The Bertz CT molecular complexity index is 332. The van der Waals surface area contributed by atoms with Gasteiger partial charge in [-0.2, -0.15) is 0 Å². The van der Waals surface area contributed by atoms with E-state index in [4.69, 9.17) is 5.73 Å². The van der Waals surface area contributed by atoms with Gasteiger partial charge in [0.25, 0.3) is 0 Å². The third-order valence-electron chi connectivity index (χ3n) is 2.76. The average Bonchev–Trinajstić information content (AvgIpc) is 2.09. The van der Waals surface area contributed by atoms with Gasteiger partial charge in [0.1, 0.15) is 5.67 Å². The SMILES string of the molecule is Cc1cc(C(C)(F)C(C)N)cnc1C. The Morgan fingerprint density at radius 3 is 2.50 bits per heavy atom. The van der Waals surface area contributed by atoms with Crippen LogP contribution in [0.5, 0.6) is 0 Å². The fourth-order valence-corrected chi connectivity index (χ4v) is 1.17. The summed E-state index contributed by atoms with van der Waals surface area (Å²) in [5, 5.41) is 0. The van der Waals surface area contributed by atoms with Crippen LogP contribution in [-0.4, -0.2) is 11.0 Å². The Kier molecular flexibility index (Phi) is 2.90. The van der Waals surface area contributed by atoms with E-state index in [0.717, 1.165) is 11.3 Å². The number of rotatable bonds is 2. The van der Waals surface area contributed by atoms with Crippen LogP contribution >= 0.6 is 0 Å². The van der Waals surface area contributed by atoms with Gasteiger partial charge in [-0.05, 0) is 39.3 Å². The molecule has 0 fully saturated rings. The molecule has 2 N–H and O–H groups in total. The third kappa shape index (κ3) is 1.93. The molecule has 0 aliphatic heterocycles. The van der Waals surface area contributed by atoms with Crippen LogP contribution < -0.4 is 5.73 Å². The summed E-state index contributed by atoms with van der Waals surface area (Å²) in [4.78, 5) is 4.13. The zero-order chi connectivity index (χ0) is 10.9. The first-order valence-electron chi connectivity index (χ1n) is 4.74. The fraction of sp³-hybridized carbons (Fsp3) is 0.545. The second-order valence-electron chi connectivity index (χ2n) is 3.99. The molecule has 0 amide bonds. The molecule has 1 rings (SSSR count). The van der Waals surface area contributed by atoms with Gasteiger partial charge in [0.05, 0.1) is 0 Å². The molecule has 2 atom stereocenters. The van der Waals surface area contributed by atoms with Crippen molar-refractivity contribution in [2.45, 2.75) is 39.4 Å². The van der Waals surface area contributed by atoms with Gasteiger partial charge in [0, 0.05) is 23.5 Å². The molecule has 1 heterocycles. The number of aryl methyl sites for hydroxylation is 2. The summed E-state index contributed by atoms with van der Waals surface area (Å²) in [5.41, 5.74) is 6.55. The molecule has 2 nitrogen and oxygen atoms in total. The Morgan fingerprint density at radius 2 is 2.07 bits per heavy atom. The maximum absolute atomic E-state index is 14.1. The molecule has 0 aliphatic carbocycles. The molecule has 0 bridgehead atoms. The van der Waals surface area contributed by atoms with Gasteiger partial charge in [0.15, 0.2) is 0 Å². The van der Waals surface area contributed by atoms with Crippen LogP contribution in [0.4, 0.5) is 4.39 Å². The molecule has 78 valence electrons. The van der Waals surface area contributed by atoms with Gasteiger partial charge in [-0.15, -0.1) is 0 Å². The van der Waals surface area contributed by atoms with Crippen molar-refractivity contribution in [3.8, 4) is 0 Å². The number of hydrogen-bond donors (Lipinski definition) is 1. The molecule has 14 heavy (non-hydrogen) atoms. The van der Waals surface area contributed by atoms with Crippen molar-refractivity contribution in [1.82, 2.24) is 4.98 Å². The summed E-state index contributed by atoms with van der Waals surface area (Å²) in [6, 6.07) is 1.28. The standard InChI is InChI=1S/C11H17FN2/c1-7-5-10(6-14-8(7)2)11(4,12)9(3)13/h5-6,9H,13H2,1-4H3. The number of nitrogens with zero attached hydrogens (tertiary/aromatic N) is 1. The van der Waals surface area contributed by atoms with Crippen molar-refractivity contribution in [2.24, 2.45) is 5.73 Å². The predicted octanol–water partition coefficient (Wildman–Crippen LogP) is 2.23. The number of hydrogen-bond acceptors (Lipinski definition) is 2. The van der Waals surface area contributed by atoms with Crippen LogP contribution in [0.3, 0.4) is 0 Å². The van der Waals surface area contributed by atoms with E-state index in [2.05, 4.69) is 4.98 Å². The van der Waals surface area contributed by atoms with Gasteiger partial charge in [-0.25, -0.2) is 4.39 Å². The van der Waals surface area contributed by atoms with Crippen molar-refractivity contribution < 1.29 is 4.39 Å². The van der Waals surface area contributed by atoms with Crippen molar-refractivity contribution in [2.75, 3.05) is 0 Å². The molecular formula is C11H17FN2. The van der Waals surface area contributed by atoms with Crippen LogP contribution in [0, 0.1) is 13.8 Å². The lowest BCUT2D eigenvalue weighted by atomic mass is 9.92. The van der Waals surface area contributed by atoms with Crippen molar-refractivity contribution >= 4 is 0 Å². The fourth-order valence-electron chi connectivity index (χ4n) is 1.17. The topological polar surface area (TPSA) is 38.9 Å². The van der Waals surface area contributed by atoms with Crippen molar-refractivity contribution in [3.05, 3.63) is 29.1 Å². The third-order valence-corrected chi connectivity index (χ3v) is 2.76. The van der Waals surface area contributed by atoms with Crippen LogP contribution in [0.2, 0.25) is 0 Å². The van der Waals surface area contributed by atoms with E-state index in [-0.39, 0.29) is 0 Å². The van der Waals surface area contributed by atoms with Crippen molar-refractivity contribution in [1.29, 1.82) is 0 Å². The summed E-state index contributed by atoms with van der Waals surface area (Å²) in [5.74, 6) is 0. The Hall–Kier alpha value is -0.960. The van der Waals surface area contributed by atoms with E-state index in [1.54, 1.807) is 13.1 Å². The Labute approximate surface area is 84.3 Å². The monoisotopic (exact) mass is 196 g/mol. The summed E-state index contributed by atoms with van der Waals surface area (Å²) in [6.07, 6.45) is 1.56. The summed E-state index contributed by atoms with van der Waals surface area (Å²) in [7, 11) is 0. The zero-order valence-electron chi connectivity index (χ0n) is 9.13. The van der Waals surface area contributed by atoms with Gasteiger partial charge in [-0.1, -0.05) is 0 Å². The molecule has 0 radical (unpaired) electrons. The minimum absolute atomic E-state index is 0.536. The number of nitrogens with two attached hydrogens (primary N) is 1. The van der Waals surface area contributed by atoms with Crippen LogP contribution in [-0.2, 0) is 5.67 Å². The number of aromatic nitrogens is 1. The molecule has 0 saturated carbocycles. The largest absolute Gasteiger partial charge is 0.325 e. The molecule has 0 saturated heterocycles. The van der Waals surface area contributed by atoms with E-state index in [0.29, 0.717) is 5.56 Å². The maximum Gasteiger partial charge on any atom is 0.149 e. The molecular weight excluding hydrogens is 179 g/mol. The Morgan fingerprint density at radius 1 is 1.50 bits per heavy atom. The number of pyridine rings is 1. The second kappa shape index (κ2) is 3.65. The first-order valence-corrected chi connectivity index (χ1v) is 4.74. The van der Waals surface area contributed by atoms with E-state index in [1.165, 1.54) is 6.92 Å². The molecule has 3 heteroatoms. The highest BCUT2D eigenvalue weighted by molar-refractivity contribution is 5.28. The van der Waals surface area contributed by atoms with Crippen LogP contribution in [0.1, 0.15) is 30.7 Å². The normalized spacial score (nSPS) is 17.6. The zero-order valence-corrected chi connectivity index (χ0v) is 9.13. The lowest BCUT2D eigenvalue weighted by molar-refractivity contribution is 0.157. The van der Waals surface area contributed by atoms with E-state index in [9.17, 15) is 4.39 Å². The lowest BCUT2D eigenvalue weighted by Gasteiger charge is -2.25. The summed E-state index contributed by atoms with van der Waals surface area (Å²) < 4.78 is 14.1. The number of halogens is 1. The number of alkyl halides is 1. The highest BCUT2D eigenvalue weighted by Gasteiger charge is 2.31. The first kappa shape index (κ1) is 11.1. The van der Waals surface area contributed by atoms with E-state index < -0.39 is 11.7 Å².